The summed E-state index contributed by atoms with van der Waals surface area (Å²) in [5.74, 6) is 0.478. The molecule has 1 saturated carbocycles. The van der Waals surface area contributed by atoms with Crippen molar-refractivity contribution in [2.75, 3.05) is 11.5 Å². The molecular formula is C13H17N3O2S. The lowest BCUT2D eigenvalue weighted by Crippen LogP contribution is -2.15. The Morgan fingerprint density at radius 1 is 1.32 bits per heavy atom. The molecule has 0 atom stereocenters. The second-order valence-electron chi connectivity index (χ2n) is 5.25. The van der Waals surface area contributed by atoms with Crippen LogP contribution in [0.4, 0.5) is 5.69 Å². The van der Waals surface area contributed by atoms with Crippen molar-refractivity contribution in [3.63, 3.8) is 0 Å². The number of hydrogen-bond donors (Lipinski definition) is 2. The number of aromatic amines is 1. The zero-order valence-corrected chi connectivity index (χ0v) is 11.4. The van der Waals surface area contributed by atoms with E-state index in [9.17, 15) is 8.42 Å². The van der Waals surface area contributed by atoms with Crippen molar-refractivity contribution < 1.29 is 8.42 Å². The van der Waals surface area contributed by atoms with Crippen LogP contribution in [0.5, 0.6) is 0 Å². The number of aromatic nitrogens is 2. The summed E-state index contributed by atoms with van der Waals surface area (Å²) >= 11 is 0. The first kappa shape index (κ1) is 12.5. The number of nitrogen functional groups attached to an aromatic ring is 1. The van der Waals surface area contributed by atoms with E-state index < -0.39 is 9.84 Å². The molecule has 1 aromatic heterocycles. The van der Waals surface area contributed by atoms with E-state index in [0.29, 0.717) is 16.7 Å². The molecular weight excluding hydrogens is 262 g/mol. The monoisotopic (exact) mass is 279 g/mol. The van der Waals surface area contributed by atoms with Gasteiger partial charge in [-0.25, -0.2) is 13.4 Å². The normalized spacial score (nSPS) is 17.3. The van der Waals surface area contributed by atoms with Crippen molar-refractivity contribution >= 4 is 26.6 Å². The molecule has 5 nitrogen and oxygen atoms in total. The third-order valence-electron chi connectivity index (χ3n) is 3.71. The van der Waals surface area contributed by atoms with Gasteiger partial charge in [0.1, 0.15) is 0 Å². The Hall–Kier alpha value is -1.56. The van der Waals surface area contributed by atoms with Gasteiger partial charge in [-0.2, -0.15) is 0 Å². The van der Waals surface area contributed by atoms with E-state index in [1.54, 1.807) is 18.2 Å². The van der Waals surface area contributed by atoms with Crippen LogP contribution < -0.4 is 5.73 Å². The van der Waals surface area contributed by atoms with Crippen LogP contribution in [0.1, 0.15) is 25.7 Å². The predicted molar refractivity (Wildman–Crippen MR) is 74.5 cm³/mol. The van der Waals surface area contributed by atoms with E-state index in [1.807, 2.05) is 0 Å². The van der Waals surface area contributed by atoms with Gasteiger partial charge in [0.25, 0.3) is 0 Å². The van der Waals surface area contributed by atoms with Crippen LogP contribution in [-0.4, -0.2) is 24.1 Å². The fourth-order valence-electron chi connectivity index (χ4n) is 2.72. The number of rotatable bonds is 3. The van der Waals surface area contributed by atoms with Gasteiger partial charge in [0, 0.05) is 5.69 Å². The van der Waals surface area contributed by atoms with E-state index in [0.717, 1.165) is 25.7 Å². The second-order valence-corrected chi connectivity index (χ2v) is 7.20. The highest BCUT2D eigenvalue weighted by Crippen LogP contribution is 2.28. The highest BCUT2D eigenvalue weighted by molar-refractivity contribution is 7.91. The number of benzene rings is 1. The highest BCUT2D eigenvalue weighted by Gasteiger charge is 2.26. The van der Waals surface area contributed by atoms with Crippen LogP contribution in [0.2, 0.25) is 0 Å². The molecule has 0 spiro atoms. The van der Waals surface area contributed by atoms with Gasteiger partial charge < -0.3 is 10.7 Å². The summed E-state index contributed by atoms with van der Waals surface area (Å²) in [4.78, 5) is 7.04. The van der Waals surface area contributed by atoms with Crippen LogP contribution >= 0.6 is 0 Å². The SMILES string of the molecule is Nc1ccc2nc(S(=O)(=O)CC3CCCC3)[nH]c2c1. The van der Waals surface area contributed by atoms with E-state index in [1.165, 1.54) is 0 Å². The standard InChI is InChI=1S/C13H17N3O2S/c14-10-5-6-11-12(7-10)16-13(15-11)19(17,18)8-9-3-1-2-4-9/h5-7,9H,1-4,8,14H2,(H,15,16). The summed E-state index contributed by atoms with van der Waals surface area (Å²) in [5, 5.41) is 0.0694. The zero-order valence-electron chi connectivity index (χ0n) is 10.6. The predicted octanol–water partition coefficient (Wildman–Crippen LogP) is 2.11. The second kappa shape index (κ2) is 4.52. The third-order valence-corrected chi connectivity index (χ3v) is 5.40. The van der Waals surface area contributed by atoms with Gasteiger partial charge in [-0.15, -0.1) is 0 Å². The average molecular weight is 279 g/mol. The van der Waals surface area contributed by atoms with Gasteiger partial charge in [-0.05, 0) is 37.0 Å². The molecule has 1 heterocycles. The molecule has 0 amide bonds. The van der Waals surface area contributed by atoms with Crippen molar-refractivity contribution in [2.24, 2.45) is 5.92 Å². The minimum absolute atomic E-state index is 0.0694. The van der Waals surface area contributed by atoms with Crippen LogP contribution in [-0.2, 0) is 9.84 Å². The maximum absolute atomic E-state index is 12.3. The number of nitrogens with one attached hydrogen (secondary N) is 1. The number of fused-ring (bicyclic) bond motifs is 1. The zero-order chi connectivity index (χ0) is 13.5. The number of nitrogens with two attached hydrogens (primary N) is 1. The van der Waals surface area contributed by atoms with E-state index >= 15 is 0 Å². The number of nitrogens with zero attached hydrogens (tertiary/aromatic N) is 1. The van der Waals surface area contributed by atoms with Gasteiger partial charge in [0.05, 0.1) is 16.8 Å². The number of hydrogen-bond acceptors (Lipinski definition) is 4. The molecule has 6 heteroatoms. The first-order valence-electron chi connectivity index (χ1n) is 6.52. The lowest BCUT2D eigenvalue weighted by atomic mass is 10.1. The molecule has 102 valence electrons. The maximum Gasteiger partial charge on any atom is 0.226 e. The molecule has 2 aromatic rings. The molecule has 1 fully saturated rings. The minimum atomic E-state index is -3.33. The van der Waals surface area contributed by atoms with E-state index in [2.05, 4.69) is 9.97 Å². The summed E-state index contributed by atoms with van der Waals surface area (Å²) < 4.78 is 24.6. The van der Waals surface area contributed by atoms with Crippen LogP contribution in [0.15, 0.2) is 23.4 Å². The molecule has 1 aliphatic carbocycles. The number of H-pyrrole nitrogens is 1. The number of sulfone groups is 1. The van der Waals surface area contributed by atoms with Crippen molar-refractivity contribution in [1.29, 1.82) is 0 Å². The first-order chi connectivity index (χ1) is 9.04. The molecule has 0 saturated heterocycles. The van der Waals surface area contributed by atoms with Crippen LogP contribution in [0.3, 0.4) is 0 Å². The minimum Gasteiger partial charge on any atom is -0.399 e. The van der Waals surface area contributed by atoms with Crippen molar-refractivity contribution in [3.05, 3.63) is 18.2 Å². The molecule has 19 heavy (non-hydrogen) atoms. The Morgan fingerprint density at radius 2 is 2.05 bits per heavy atom. The number of imidazole rings is 1. The Balaban J connectivity index is 1.93. The molecule has 1 aliphatic rings. The van der Waals surface area contributed by atoms with Crippen LogP contribution in [0, 0.1) is 5.92 Å². The Labute approximate surface area is 112 Å². The van der Waals surface area contributed by atoms with E-state index in [4.69, 9.17) is 5.73 Å². The topological polar surface area (TPSA) is 88.8 Å². The Kier molecular flexibility index (Phi) is 2.97. The average Bonchev–Trinajstić information content (AvgIpc) is 2.96. The summed E-state index contributed by atoms with van der Waals surface area (Å²) in [6.45, 7) is 0. The van der Waals surface area contributed by atoms with Gasteiger partial charge in [-0.3, -0.25) is 0 Å². The van der Waals surface area contributed by atoms with Gasteiger partial charge >= 0.3 is 0 Å². The quantitative estimate of drug-likeness (QED) is 0.842. The molecule has 0 aliphatic heterocycles. The van der Waals surface area contributed by atoms with Crippen molar-refractivity contribution in [1.82, 2.24) is 9.97 Å². The van der Waals surface area contributed by atoms with Gasteiger partial charge in [0.15, 0.2) is 0 Å². The van der Waals surface area contributed by atoms with Crippen molar-refractivity contribution in [3.8, 4) is 0 Å². The Morgan fingerprint density at radius 3 is 2.79 bits per heavy atom. The maximum atomic E-state index is 12.3. The fraction of sp³-hybridized carbons (Fsp3) is 0.462. The molecule has 0 bridgehead atoms. The summed E-state index contributed by atoms with van der Waals surface area (Å²) in [7, 11) is -3.33. The largest absolute Gasteiger partial charge is 0.399 e. The van der Waals surface area contributed by atoms with Crippen molar-refractivity contribution in [2.45, 2.75) is 30.8 Å². The Bertz CT molecular complexity index is 700. The summed E-state index contributed by atoms with van der Waals surface area (Å²) in [5.41, 5.74) is 7.58. The van der Waals surface area contributed by atoms with E-state index in [-0.39, 0.29) is 16.8 Å². The molecule has 3 rings (SSSR count). The van der Waals surface area contributed by atoms with Crippen LogP contribution in [0.25, 0.3) is 11.0 Å². The molecule has 1 aromatic carbocycles. The van der Waals surface area contributed by atoms with Gasteiger partial charge in [-0.1, -0.05) is 12.8 Å². The number of anilines is 1. The highest BCUT2D eigenvalue weighted by atomic mass is 32.2. The lowest BCUT2D eigenvalue weighted by molar-refractivity contribution is 0.553. The third kappa shape index (κ3) is 2.45. The molecule has 0 unspecified atom stereocenters. The fourth-order valence-corrected chi connectivity index (χ4v) is 4.33. The summed E-state index contributed by atoms with van der Waals surface area (Å²) in [6.07, 6.45) is 4.28. The first-order valence-corrected chi connectivity index (χ1v) is 8.18. The molecule has 3 N–H and O–H groups in total. The van der Waals surface area contributed by atoms with Gasteiger partial charge in [0.2, 0.25) is 15.0 Å². The summed E-state index contributed by atoms with van der Waals surface area (Å²) in [6, 6.07) is 5.16. The molecule has 0 radical (unpaired) electrons. The lowest BCUT2D eigenvalue weighted by Gasteiger charge is -2.07. The smallest absolute Gasteiger partial charge is 0.226 e.